The lowest BCUT2D eigenvalue weighted by atomic mass is 10.0. The Labute approximate surface area is 129 Å². The summed E-state index contributed by atoms with van der Waals surface area (Å²) < 4.78 is 5.67. The molecule has 0 aliphatic carbocycles. The van der Waals surface area contributed by atoms with Crippen molar-refractivity contribution in [3.8, 4) is 11.8 Å². The topological polar surface area (TPSA) is 30.2 Å². The number of furan rings is 1. The van der Waals surface area contributed by atoms with Gasteiger partial charge in [0.05, 0.1) is 0 Å². The van der Waals surface area contributed by atoms with Gasteiger partial charge in [0, 0.05) is 22.9 Å². The molecule has 1 aromatic heterocycles. The van der Waals surface area contributed by atoms with Gasteiger partial charge in [0.1, 0.15) is 5.58 Å². The predicted octanol–water partition coefficient (Wildman–Crippen LogP) is 4.82. The smallest absolute Gasteiger partial charge is 0.229 e. The van der Waals surface area contributed by atoms with Crippen LogP contribution in [0.4, 0.5) is 0 Å². The molecule has 0 saturated carbocycles. The minimum absolute atomic E-state index is 0.127. The van der Waals surface area contributed by atoms with Crippen molar-refractivity contribution >= 4 is 16.8 Å². The summed E-state index contributed by atoms with van der Waals surface area (Å²) in [6.07, 6.45) is 1.83. The molecule has 2 aromatic carbocycles. The number of carbonyl (C=O) groups is 1. The van der Waals surface area contributed by atoms with Crippen LogP contribution in [0.15, 0.2) is 59.0 Å². The van der Waals surface area contributed by atoms with E-state index < -0.39 is 0 Å². The molecule has 2 heteroatoms. The van der Waals surface area contributed by atoms with E-state index in [0.29, 0.717) is 11.3 Å². The van der Waals surface area contributed by atoms with Crippen molar-refractivity contribution in [2.75, 3.05) is 0 Å². The molecule has 0 amide bonds. The second-order valence-electron chi connectivity index (χ2n) is 5.07. The second kappa shape index (κ2) is 6.32. The summed E-state index contributed by atoms with van der Waals surface area (Å²) in [6, 6.07) is 16.8. The second-order valence-corrected chi connectivity index (χ2v) is 5.07. The number of carbonyl (C=O) groups excluding carboxylic acids is 1. The van der Waals surface area contributed by atoms with Gasteiger partial charge in [-0.3, -0.25) is 4.79 Å². The van der Waals surface area contributed by atoms with Gasteiger partial charge in [-0.1, -0.05) is 49.1 Å². The van der Waals surface area contributed by atoms with Gasteiger partial charge < -0.3 is 4.42 Å². The molecule has 0 atom stereocenters. The first-order valence-electron chi connectivity index (χ1n) is 7.41. The highest BCUT2D eigenvalue weighted by molar-refractivity contribution is 6.10. The van der Waals surface area contributed by atoms with Crippen LogP contribution < -0.4 is 0 Å². The van der Waals surface area contributed by atoms with Crippen molar-refractivity contribution in [3.05, 3.63) is 71.5 Å². The van der Waals surface area contributed by atoms with Crippen molar-refractivity contribution in [2.24, 2.45) is 0 Å². The third-order valence-corrected chi connectivity index (χ3v) is 3.42. The quantitative estimate of drug-likeness (QED) is 0.511. The molecule has 1 heterocycles. The van der Waals surface area contributed by atoms with Crippen LogP contribution >= 0.6 is 0 Å². The molecule has 0 radical (unpaired) electrons. The number of hydrogen-bond acceptors (Lipinski definition) is 2. The summed E-state index contributed by atoms with van der Waals surface area (Å²) in [4.78, 5) is 12.7. The molecule has 3 aromatic rings. The number of ketones is 1. The summed E-state index contributed by atoms with van der Waals surface area (Å²) in [5, 5.41) is 0.931. The Kier molecular flexibility index (Phi) is 4.07. The Hall–Kier alpha value is -2.79. The fraction of sp³-hybridized carbons (Fsp3) is 0.150. The standard InChI is InChI=1S/C20H16O2/c1-2-3-4-9-15-10-5-7-12-17(15)20(21)19-14-16-11-6-8-13-18(16)22-19/h5-8,10-14H,2-3H2,1H3. The van der Waals surface area contributed by atoms with E-state index in [-0.39, 0.29) is 5.78 Å². The lowest BCUT2D eigenvalue weighted by Gasteiger charge is -2.01. The summed E-state index contributed by atoms with van der Waals surface area (Å²) in [7, 11) is 0. The Bertz CT molecular complexity index is 842. The monoisotopic (exact) mass is 288 g/mol. The van der Waals surface area contributed by atoms with Crippen LogP contribution in [0.3, 0.4) is 0 Å². The third-order valence-electron chi connectivity index (χ3n) is 3.42. The molecule has 0 bridgehead atoms. The summed E-state index contributed by atoms with van der Waals surface area (Å²) in [5.41, 5.74) is 2.06. The molecule has 22 heavy (non-hydrogen) atoms. The van der Waals surface area contributed by atoms with Crippen molar-refractivity contribution in [2.45, 2.75) is 19.8 Å². The van der Waals surface area contributed by atoms with E-state index in [0.717, 1.165) is 29.4 Å². The average Bonchev–Trinajstić information content (AvgIpc) is 2.99. The first kappa shape index (κ1) is 14.2. The normalized spacial score (nSPS) is 10.2. The Morgan fingerprint density at radius 3 is 2.68 bits per heavy atom. The fourth-order valence-electron chi connectivity index (χ4n) is 2.30. The molecular weight excluding hydrogens is 272 g/mol. The van der Waals surface area contributed by atoms with Crippen LogP contribution in [-0.4, -0.2) is 5.78 Å². The Morgan fingerprint density at radius 1 is 1.09 bits per heavy atom. The zero-order valence-electron chi connectivity index (χ0n) is 12.4. The maximum Gasteiger partial charge on any atom is 0.229 e. The van der Waals surface area contributed by atoms with E-state index in [1.807, 2.05) is 42.5 Å². The largest absolute Gasteiger partial charge is 0.453 e. The lowest BCUT2D eigenvalue weighted by Crippen LogP contribution is -2.02. The minimum Gasteiger partial charge on any atom is -0.453 e. The Morgan fingerprint density at radius 2 is 1.86 bits per heavy atom. The maximum atomic E-state index is 12.7. The van der Waals surface area contributed by atoms with Gasteiger partial charge in [-0.15, -0.1) is 0 Å². The zero-order chi connectivity index (χ0) is 15.4. The van der Waals surface area contributed by atoms with E-state index in [1.54, 1.807) is 12.1 Å². The summed E-state index contributed by atoms with van der Waals surface area (Å²) in [5.74, 6) is 6.40. The Balaban J connectivity index is 2.00. The lowest BCUT2D eigenvalue weighted by molar-refractivity contribution is 0.101. The molecular formula is C20H16O2. The van der Waals surface area contributed by atoms with E-state index in [9.17, 15) is 4.79 Å². The molecule has 0 unspecified atom stereocenters. The molecule has 3 rings (SSSR count). The highest BCUT2D eigenvalue weighted by Crippen LogP contribution is 2.22. The van der Waals surface area contributed by atoms with Crippen LogP contribution in [0.5, 0.6) is 0 Å². The van der Waals surface area contributed by atoms with Gasteiger partial charge in [0.2, 0.25) is 5.78 Å². The molecule has 0 saturated heterocycles. The molecule has 108 valence electrons. The summed E-state index contributed by atoms with van der Waals surface area (Å²) >= 11 is 0. The van der Waals surface area contributed by atoms with Crippen molar-refractivity contribution in [1.82, 2.24) is 0 Å². The number of rotatable bonds is 3. The first-order chi connectivity index (χ1) is 10.8. The molecule has 2 nitrogen and oxygen atoms in total. The van der Waals surface area contributed by atoms with Crippen molar-refractivity contribution < 1.29 is 9.21 Å². The van der Waals surface area contributed by atoms with E-state index in [2.05, 4.69) is 18.8 Å². The molecule has 0 fully saturated rings. The highest BCUT2D eigenvalue weighted by atomic mass is 16.3. The van der Waals surface area contributed by atoms with Gasteiger partial charge in [0.25, 0.3) is 0 Å². The number of benzene rings is 2. The SMILES string of the molecule is CCCC#Cc1ccccc1C(=O)c1cc2ccccc2o1. The van der Waals surface area contributed by atoms with Crippen LogP contribution in [-0.2, 0) is 0 Å². The van der Waals surface area contributed by atoms with Crippen LogP contribution in [0, 0.1) is 11.8 Å². The fourth-order valence-corrected chi connectivity index (χ4v) is 2.30. The van der Waals surface area contributed by atoms with Crippen LogP contribution in [0.1, 0.15) is 41.4 Å². The number of para-hydroxylation sites is 1. The number of hydrogen-bond donors (Lipinski definition) is 0. The zero-order valence-corrected chi connectivity index (χ0v) is 12.4. The van der Waals surface area contributed by atoms with E-state index >= 15 is 0 Å². The summed E-state index contributed by atoms with van der Waals surface area (Å²) in [6.45, 7) is 2.08. The molecule has 0 spiro atoms. The van der Waals surface area contributed by atoms with Gasteiger partial charge >= 0.3 is 0 Å². The van der Waals surface area contributed by atoms with Crippen LogP contribution in [0.2, 0.25) is 0 Å². The molecule has 0 N–H and O–H groups in total. The maximum absolute atomic E-state index is 12.7. The number of fused-ring (bicyclic) bond motifs is 1. The van der Waals surface area contributed by atoms with Crippen molar-refractivity contribution in [1.29, 1.82) is 0 Å². The van der Waals surface area contributed by atoms with E-state index in [1.165, 1.54) is 0 Å². The molecule has 0 aliphatic rings. The van der Waals surface area contributed by atoms with E-state index in [4.69, 9.17) is 4.42 Å². The highest BCUT2D eigenvalue weighted by Gasteiger charge is 2.16. The van der Waals surface area contributed by atoms with Gasteiger partial charge in [0.15, 0.2) is 5.76 Å². The van der Waals surface area contributed by atoms with Gasteiger partial charge in [-0.25, -0.2) is 0 Å². The predicted molar refractivity (Wildman–Crippen MR) is 87.9 cm³/mol. The number of unbranched alkanes of at least 4 members (excludes halogenated alkanes) is 1. The molecule has 0 aliphatic heterocycles. The van der Waals surface area contributed by atoms with Gasteiger partial charge in [-0.05, 0) is 30.7 Å². The minimum atomic E-state index is -0.127. The average molecular weight is 288 g/mol. The first-order valence-corrected chi connectivity index (χ1v) is 7.41. The van der Waals surface area contributed by atoms with Crippen molar-refractivity contribution in [3.63, 3.8) is 0 Å². The van der Waals surface area contributed by atoms with Crippen LogP contribution in [0.25, 0.3) is 11.0 Å². The third kappa shape index (κ3) is 2.80. The van der Waals surface area contributed by atoms with Gasteiger partial charge in [-0.2, -0.15) is 0 Å².